The zero-order valence-corrected chi connectivity index (χ0v) is 8.91. The number of allylic oxidation sites excluding steroid dienone is 1. The molecule has 0 amide bonds. The molecule has 0 aliphatic carbocycles. The van der Waals surface area contributed by atoms with E-state index >= 15 is 0 Å². The molecule has 6 heteroatoms. The van der Waals surface area contributed by atoms with Crippen LogP contribution in [0.4, 0.5) is 0 Å². The van der Waals surface area contributed by atoms with Crippen molar-refractivity contribution >= 4 is 13.6 Å². The smallest absolute Gasteiger partial charge is 0.329 e. The number of aliphatic carboxylic acids is 1. The standard InChI is InChI=1S/C8H15O5P/c1-2-3-7(4-5-8(9)10)6-14(11,12)13/h4H,2-3,5-6H2,1H3,(H,9,10)(H2,11,12,13). The molecular formula is C8H15O5P. The van der Waals surface area contributed by atoms with E-state index in [1.807, 2.05) is 6.92 Å². The fraction of sp³-hybridized carbons (Fsp3) is 0.625. The number of carboxylic acids is 1. The minimum absolute atomic E-state index is 0.185. The molecule has 0 atom stereocenters. The molecule has 0 aromatic rings. The maximum absolute atomic E-state index is 10.7. The summed E-state index contributed by atoms with van der Waals surface area (Å²) in [6, 6.07) is 0. The van der Waals surface area contributed by atoms with Gasteiger partial charge >= 0.3 is 13.6 Å². The average Bonchev–Trinajstić information content (AvgIpc) is 1.98. The Kier molecular flexibility index (Phi) is 5.69. The van der Waals surface area contributed by atoms with E-state index in [0.29, 0.717) is 12.0 Å². The Balaban J connectivity index is 4.35. The summed E-state index contributed by atoms with van der Waals surface area (Å²) in [6.07, 6.45) is 2.12. The highest BCUT2D eigenvalue weighted by atomic mass is 31.2. The van der Waals surface area contributed by atoms with Crippen molar-refractivity contribution in [2.75, 3.05) is 6.16 Å². The van der Waals surface area contributed by atoms with Crippen molar-refractivity contribution in [1.82, 2.24) is 0 Å². The second-order valence-electron chi connectivity index (χ2n) is 3.03. The minimum atomic E-state index is -4.07. The molecule has 0 aromatic heterocycles. The first-order chi connectivity index (χ1) is 6.35. The van der Waals surface area contributed by atoms with Crippen molar-refractivity contribution in [3.8, 4) is 0 Å². The minimum Gasteiger partial charge on any atom is -0.481 e. The third-order valence-corrected chi connectivity index (χ3v) is 2.36. The molecule has 0 aliphatic rings. The zero-order valence-electron chi connectivity index (χ0n) is 8.01. The third-order valence-electron chi connectivity index (χ3n) is 1.55. The monoisotopic (exact) mass is 222 g/mol. The summed E-state index contributed by atoms with van der Waals surface area (Å²) >= 11 is 0. The van der Waals surface area contributed by atoms with Crippen LogP contribution < -0.4 is 0 Å². The number of carboxylic acid groups (broad SMARTS) is 1. The second kappa shape index (κ2) is 5.96. The van der Waals surface area contributed by atoms with E-state index in [0.717, 1.165) is 6.42 Å². The summed E-state index contributed by atoms with van der Waals surface area (Å²) in [5.74, 6) is -0.996. The van der Waals surface area contributed by atoms with E-state index in [2.05, 4.69) is 0 Å². The maximum Gasteiger partial charge on any atom is 0.329 e. The van der Waals surface area contributed by atoms with E-state index in [1.54, 1.807) is 0 Å². The van der Waals surface area contributed by atoms with Crippen LogP contribution in [0.2, 0.25) is 0 Å². The summed E-state index contributed by atoms with van der Waals surface area (Å²) in [5, 5.41) is 8.39. The molecule has 0 bridgehead atoms. The molecule has 5 nitrogen and oxygen atoms in total. The van der Waals surface area contributed by atoms with Crippen LogP contribution in [0, 0.1) is 0 Å². The fourth-order valence-corrected chi connectivity index (χ4v) is 1.88. The molecule has 0 saturated heterocycles. The lowest BCUT2D eigenvalue weighted by Crippen LogP contribution is -1.97. The van der Waals surface area contributed by atoms with Gasteiger partial charge in [-0.2, -0.15) is 0 Å². The van der Waals surface area contributed by atoms with Gasteiger partial charge in [-0.15, -0.1) is 0 Å². The Bertz CT molecular complexity index is 265. The number of hydrogen-bond donors (Lipinski definition) is 3. The molecule has 0 aromatic carbocycles. The highest BCUT2D eigenvalue weighted by Gasteiger charge is 2.15. The summed E-state index contributed by atoms with van der Waals surface area (Å²) in [6.45, 7) is 1.87. The van der Waals surface area contributed by atoms with Gasteiger partial charge < -0.3 is 14.9 Å². The summed E-state index contributed by atoms with van der Waals surface area (Å²) in [5.41, 5.74) is 0.517. The lowest BCUT2D eigenvalue weighted by Gasteiger charge is -2.07. The average molecular weight is 222 g/mol. The van der Waals surface area contributed by atoms with Gasteiger partial charge in [0, 0.05) is 0 Å². The van der Waals surface area contributed by atoms with Crippen molar-refractivity contribution < 1.29 is 24.3 Å². The van der Waals surface area contributed by atoms with Gasteiger partial charge in [-0.1, -0.05) is 25.0 Å². The van der Waals surface area contributed by atoms with Gasteiger partial charge in [0.1, 0.15) is 0 Å². The van der Waals surface area contributed by atoms with E-state index < -0.39 is 13.6 Å². The fourth-order valence-electron chi connectivity index (χ4n) is 1.06. The molecule has 0 heterocycles. The first-order valence-electron chi connectivity index (χ1n) is 4.29. The zero-order chi connectivity index (χ0) is 11.2. The van der Waals surface area contributed by atoms with E-state index in [1.165, 1.54) is 6.08 Å². The van der Waals surface area contributed by atoms with Crippen molar-refractivity contribution in [2.45, 2.75) is 26.2 Å². The van der Waals surface area contributed by atoms with Gasteiger partial charge in [-0.05, 0) is 6.42 Å². The van der Waals surface area contributed by atoms with Gasteiger partial charge in [0.05, 0.1) is 12.6 Å². The first kappa shape index (κ1) is 13.4. The molecular weight excluding hydrogens is 207 g/mol. The predicted octanol–water partition coefficient (Wildman–Crippen LogP) is 1.37. The van der Waals surface area contributed by atoms with Crippen LogP contribution in [0.5, 0.6) is 0 Å². The van der Waals surface area contributed by atoms with Crippen molar-refractivity contribution in [3.05, 3.63) is 11.6 Å². The molecule has 0 rings (SSSR count). The molecule has 0 unspecified atom stereocenters. The second-order valence-corrected chi connectivity index (χ2v) is 4.68. The first-order valence-corrected chi connectivity index (χ1v) is 6.09. The highest BCUT2D eigenvalue weighted by Crippen LogP contribution is 2.37. The molecule has 0 fully saturated rings. The van der Waals surface area contributed by atoms with Crippen molar-refractivity contribution in [1.29, 1.82) is 0 Å². The Morgan fingerprint density at radius 1 is 1.43 bits per heavy atom. The SMILES string of the molecule is CCCC(=CCC(=O)O)CP(=O)(O)O. The Labute approximate surface area is 82.6 Å². The van der Waals surface area contributed by atoms with Crippen LogP contribution in [-0.2, 0) is 9.36 Å². The molecule has 82 valence electrons. The van der Waals surface area contributed by atoms with E-state index in [-0.39, 0.29) is 12.6 Å². The van der Waals surface area contributed by atoms with Crippen LogP contribution >= 0.6 is 7.60 Å². The number of rotatable bonds is 6. The van der Waals surface area contributed by atoms with Crippen LogP contribution in [0.25, 0.3) is 0 Å². The van der Waals surface area contributed by atoms with Crippen molar-refractivity contribution in [2.24, 2.45) is 0 Å². The van der Waals surface area contributed by atoms with Gasteiger partial charge in [-0.3, -0.25) is 9.36 Å². The molecule has 0 radical (unpaired) electrons. The normalized spacial score (nSPS) is 12.9. The van der Waals surface area contributed by atoms with Gasteiger partial charge in [-0.25, -0.2) is 0 Å². The summed E-state index contributed by atoms with van der Waals surface area (Å²) in [4.78, 5) is 27.6. The molecule has 14 heavy (non-hydrogen) atoms. The molecule has 0 saturated carbocycles. The van der Waals surface area contributed by atoms with Crippen molar-refractivity contribution in [3.63, 3.8) is 0 Å². The number of carbonyl (C=O) groups is 1. The Morgan fingerprint density at radius 2 is 2.00 bits per heavy atom. The lowest BCUT2D eigenvalue weighted by molar-refractivity contribution is -0.136. The van der Waals surface area contributed by atoms with E-state index in [4.69, 9.17) is 14.9 Å². The molecule has 3 N–H and O–H groups in total. The van der Waals surface area contributed by atoms with Crippen LogP contribution in [0.3, 0.4) is 0 Å². The molecule has 0 spiro atoms. The lowest BCUT2D eigenvalue weighted by atomic mass is 10.1. The third kappa shape index (κ3) is 7.98. The summed E-state index contributed by atoms with van der Waals surface area (Å²) in [7, 11) is -4.07. The maximum atomic E-state index is 10.7. The topological polar surface area (TPSA) is 94.8 Å². The number of hydrogen-bond acceptors (Lipinski definition) is 2. The Hall–Kier alpha value is -0.640. The predicted molar refractivity (Wildman–Crippen MR) is 52.2 cm³/mol. The van der Waals surface area contributed by atoms with Crippen LogP contribution in [0.1, 0.15) is 26.2 Å². The largest absolute Gasteiger partial charge is 0.481 e. The van der Waals surface area contributed by atoms with Crippen LogP contribution in [-0.4, -0.2) is 27.0 Å². The van der Waals surface area contributed by atoms with Gasteiger partial charge in [0.15, 0.2) is 0 Å². The van der Waals surface area contributed by atoms with Gasteiger partial charge in [0.25, 0.3) is 0 Å². The van der Waals surface area contributed by atoms with Crippen LogP contribution in [0.15, 0.2) is 11.6 Å². The Morgan fingerprint density at radius 3 is 2.36 bits per heavy atom. The summed E-state index contributed by atoms with van der Waals surface area (Å²) < 4.78 is 10.7. The quantitative estimate of drug-likeness (QED) is 0.466. The highest BCUT2D eigenvalue weighted by molar-refractivity contribution is 7.52. The molecule has 0 aliphatic heterocycles. The van der Waals surface area contributed by atoms with Gasteiger partial charge in [0.2, 0.25) is 0 Å². The van der Waals surface area contributed by atoms with E-state index in [9.17, 15) is 9.36 Å².